The highest BCUT2D eigenvalue weighted by Crippen LogP contribution is 2.31. The quantitative estimate of drug-likeness (QED) is 0.684. The summed E-state index contributed by atoms with van der Waals surface area (Å²) in [6.07, 6.45) is -2.71. The number of nitrogens with zero attached hydrogens (tertiary/aromatic N) is 2. The van der Waals surface area contributed by atoms with Gasteiger partial charge in [0, 0.05) is 42.3 Å². The molecule has 2 aromatic rings. The second-order valence-electron chi connectivity index (χ2n) is 6.16. The molecular formula is C19H19F3N2O2S. The molecule has 1 aromatic heterocycles. The Bertz CT molecular complexity index is 771. The van der Waals surface area contributed by atoms with Crippen molar-refractivity contribution in [3.63, 3.8) is 0 Å². The van der Waals surface area contributed by atoms with E-state index in [1.54, 1.807) is 16.7 Å². The van der Waals surface area contributed by atoms with Gasteiger partial charge in [-0.05, 0) is 18.2 Å². The summed E-state index contributed by atoms with van der Waals surface area (Å²) in [6, 6.07) is 11.6. The van der Waals surface area contributed by atoms with Crippen molar-refractivity contribution in [2.24, 2.45) is 0 Å². The number of likely N-dealkylation sites (tertiary alicyclic amines) is 1. The Labute approximate surface area is 159 Å². The van der Waals surface area contributed by atoms with Gasteiger partial charge in [-0.3, -0.25) is 4.79 Å². The number of hydrogen-bond donors (Lipinski definition) is 0. The predicted molar refractivity (Wildman–Crippen MR) is 96.6 cm³/mol. The number of hydrogen-bond acceptors (Lipinski definition) is 4. The van der Waals surface area contributed by atoms with E-state index in [2.05, 4.69) is 4.98 Å². The predicted octanol–water partition coefficient (Wildman–Crippen LogP) is 4.26. The minimum atomic E-state index is -4.44. The lowest BCUT2D eigenvalue weighted by Crippen LogP contribution is -2.31. The van der Waals surface area contributed by atoms with Crippen LogP contribution in [0.2, 0.25) is 0 Å². The van der Waals surface area contributed by atoms with E-state index in [1.807, 2.05) is 30.3 Å². The summed E-state index contributed by atoms with van der Waals surface area (Å²) in [7, 11) is 0. The van der Waals surface area contributed by atoms with Gasteiger partial charge in [0.25, 0.3) is 0 Å². The molecular weight excluding hydrogens is 377 g/mol. The Morgan fingerprint density at radius 3 is 2.78 bits per heavy atom. The number of rotatable bonds is 6. The maximum absolute atomic E-state index is 12.8. The molecule has 1 amide bonds. The SMILES string of the molecule is O=C(CCSc1ccccc1)N1CCC(Oc2cc(C(F)(F)F)ccn2)C1. The molecule has 0 spiro atoms. The van der Waals surface area contributed by atoms with Crippen LogP contribution in [0.3, 0.4) is 0 Å². The third-order valence-electron chi connectivity index (χ3n) is 4.18. The first kappa shape index (κ1) is 19.5. The number of amides is 1. The molecule has 1 atom stereocenters. The molecule has 0 bridgehead atoms. The molecule has 0 N–H and O–H groups in total. The molecule has 2 heterocycles. The first-order valence-electron chi connectivity index (χ1n) is 8.57. The van der Waals surface area contributed by atoms with Crippen LogP contribution < -0.4 is 4.74 Å². The molecule has 1 aromatic carbocycles. The molecule has 144 valence electrons. The zero-order valence-electron chi connectivity index (χ0n) is 14.5. The number of carbonyl (C=O) groups excluding carboxylic acids is 1. The largest absolute Gasteiger partial charge is 0.472 e. The van der Waals surface area contributed by atoms with Gasteiger partial charge < -0.3 is 9.64 Å². The van der Waals surface area contributed by atoms with Crippen LogP contribution in [0.15, 0.2) is 53.6 Å². The second kappa shape index (κ2) is 8.65. The summed E-state index contributed by atoms with van der Waals surface area (Å²) >= 11 is 1.62. The van der Waals surface area contributed by atoms with E-state index in [9.17, 15) is 18.0 Å². The van der Waals surface area contributed by atoms with E-state index in [-0.39, 0.29) is 17.9 Å². The molecule has 3 rings (SSSR count). The Balaban J connectivity index is 1.46. The number of pyridine rings is 1. The van der Waals surface area contributed by atoms with Gasteiger partial charge in [-0.25, -0.2) is 4.98 Å². The second-order valence-corrected chi connectivity index (χ2v) is 7.33. The zero-order chi connectivity index (χ0) is 19.3. The van der Waals surface area contributed by atoms with Crippen LogP contribution in [0.5, 0.6) is 5.88 Å². The minimum absolute atomic E-state index is 0.0292. The van der Waals surface area contributed by atoms with Gasteiger partial charge in [0.15, 0.2) is 0 Å². The van der Waals surface area contributed by atoms with Gasteiger partial charge >= 0.3 is 6.18 Å². The summed E-state index contributed by atoms with van der Waals surface area (Å²) in [5, 5.41) is 0. The lowest BCUT2D eigenvalue weighted by molar-refractivity contribution is -0.137. The first-order chi connectivity index (χ1) is 12.9. The number of halogens is 3. The fraction of sp³-hybridized carbons (Fsp3) is 0.368. The molecule has 1 saturated heterocycles. The highest BCUT2D eigenvalue weighted by atomic mass is 32.2. The van der Waals surface area contributed by atoms with Crippen molar-refractivity contribution in [1.82, 2.24) is 9.88 Å². The van der Waals surface area contributed by atoms with Crippen molar-refractivity contribution in [1.29, 1.82) is 0 Å². The lowest BCUT2D eigenvalue weighted by Gasteiger charge is -2.17. The summed E-state index contributed by atoms with van der Waals surface area (Å²) < 4.78 is 43.8. The molecule has 0 saturated carbocycles. The molecule has 1 aliphatic heterocycles. The van der Waals surface area contributed by atoms with Gasteiger partial charge in [-0.15, -0.1) is 11.8 Å². The summed E-state index contributed by atoms with van der Waals surface area (Å²) in [5.74, 6) is 0.644. The molecule has 0 aliphatic carbocycles. The van der Waals surface area contributed by atoms with Crippen LogP contribution in [-0.4, -0.2) is 40.7 Å². The van der Waals surface area contributed by atoms with Crippen molar-refractivity contribution >= 4 is 17.7 Å². The number of ether oxygens (including phenoxy) is 1. The van der Waals surface area contributed by atoms with E-state index in [0.29, 0.717) is 31.7 Å². The average molecular weight is 396 g/mol. The van der Waals surface area contributed by atoms with E-state index >= 15 is 0 Å². The molecule has 1 fully saturated rings. The lowest BCUT2D eigenvalue weighted by atomic mass is 10.2. The number of alkyl halides is 3. The van der Waals surface area contributed by atoms with Crippen molar-refractivity contribution < 1.29 is 22.7 Å². The Morgan fingerprint density at radius 1 is 1.26 bits per heavy atom. The average Bonchev–Trinajstić information content (AvgIpc) is 3.11. The maximum Gasteiger partial charge on any atom is 0.416 e. The van der Waals surface area contributed by atoms with Crippen LogP contribution in [0, 0.1) is 0 Å². The molecule has 8 heteroatoms. The summed E-state index contributed by atoms with van der Waals surface area (Å²) in [6.45, 7) is 0.908. The van der Waals surface area contributed by atoms with E-state index < -0.39 is 11.7 Å². The molecule has 27 heavy (non-hydrogen) atoms. The first-order valence-corrected chi connectivity index (χ1v) is 9.56. The molecule has 1 unspecified atom stereocenters. The smallest absolute Gasteiger partial charge is 0.416 e. The Kier molecular flexibility index (Phi) is 6.26. The number of thioether (sulfide) groups is 1. The van der Waals surface area contributed by atoms with Crippen LogP contribution in [-0.2, 0) is 11.0 Å². The highest BCUT2D eigenvalue weighted by molar-refractivity contribution is 7.99. The van der Waals surface area contributed by atoms with Crippen molar-refractivity contribution in [2.45, 2.75) is 30.0 Å². The highest BCUT2D eigenvalue weighted by Gasteiger charge is 2.32. The standard InChI is InChI=1S/C19H19F3N2O2S/c20-19(21,22)14-6-9-23-17(12-14)26-15-7-10-24(13-15)18(25)8-11-27-16-4-2-1-3-5-16/h1-6,9,12,15H,7-8,10-11,13H2. The van der Waals surface area contributed by atoms with Crippen molar-refractivity contribution in [3.8, 4) is 5.88 Å². The maximum atomic E-state index is 12.8. The van der Waals surface area contributed by atoms with E-state index in [1.165, 1.54) is 0 Å². The van der Waals surface area contributed by atoms with Crippen LogP contribution >= 0.6 is 11.8 Å². The van der Waals surface area contributed by atoms with Crippen LogP contribution in [0.25, 0.3) is 0 Å². The van der Waals surface area contributed by atoms with Gasteiger partial charge in [0.2, 0.25) is 11.8 Å². The molecule has 0 radical (unpaired) electrons. The van der Waals surface area contributed by atoms with Crippen LogP contribution in [0.4, 0.5) is 13.2 Å². The van der Waals surface area contributed by atoms with E-state index in [4.69, 9.17) is 4.74 Å². The minimum Gasteiger partial charge on any atom is -0.472 e. The summed E-state index contributed by atoms with van der Waals surface area (Å²) in [5.41, 5.74) is -0.795. The number of benzene rings is 1. The number of aromatic nitrogens is 1. The van der Waals surface area contributed by atoms with Gasteiger partial charge in [-0.1, -0.05) is 18.2 Å². The van der Waals surface area contributed by atoms with E-state index in [0.717, 1.165) is 23.2 Å². The van der Waals surface area contributed by atoms with Gasteiger partial charge in [-0.2, -0.15) is 13.2 Å². The van der Waals surface area contributed by atoms with Crippen molar-refractivity contribution in [3.05, 3.63) is 54.2 Å². The van der Waals surface area contributed by atoms with Gasteiger partial charge in [0.1, 0.15) is 6.10 Å². The molecule has 1 aliphatic rings. The topological polar surface area (TPSA) is 42.4 Å². The third kappa shape index (κ3) is 5.63. The third-order valence-corrected chi connectivity index (χ3v) is 5.19. The normalized spacial score (nSPS) is 17.1. The fourth-order valence-electron chi connectivity index (χ4n) is 2.80. The van der Waals surface area contributed by atoms with Gasteiger partial charge in [0.05, 0.1) is 12.1 Å². The monoisotopic (exact) mass is 396 g/mol. The Hall–Kier alpha value is -2.22. The Morgan fingerprint density at radius 2 is 2.04 bits per heavy atom. The van der Waals surface area contributed by atoms with Crippen molar-refractivity contribution in [2.75, 3.05) is 18.8 Å². The summed E-state index contributed by atoms with van der Waals surface area (Å²) in [4.78, 5) is 19.0. The molecule has 4 nitrogen and oxygen atoms in total. The number of carbonyl (C=O) groups is 1. The zero-order valence-corrected chi connectivity index (χ0v) is 15.3. The fourth-order valence-corrected chi connectivity index (χ4v) is 3.66. The van der Waals surface area contributed by atoms with Crippen LogP contribution in [0.1, 0.15) is 18.4 Å².